The number of anilines is 1. The predicted molar refractivity (Wildman–Crippen MR) is 109 cm³/mol. The number of furan rings is 1. The van der Waals surface area contributed by atoms with Crippen LogP contribution in [0.3, 0.4) is 0 Å². The van der Waals surface area contributed by atoms with Crippen molar-refractivity contribution in [3.05, 3.63) is 75.2 Å². The zero-order valence-corrected chi connectivity index (χ0v) is 16.6. The van der Waals surface area contributed by atoms with Crippen LogP contribution in [0.15, 0.2) is 56.9 Å². The van der Waals surface area contributed by atoms with Crippen molar-refractivity contribution in [2.45, 2.75) is 30.8 Å². The minimum Gasteiger partial charge on any atom is -0.467 e. The van der Waals surface area contributed by atoms with E-state index in [-0.39, 0.29) is 17.3 Å². The van der Waals surface area contributed by atoms with Crippen LogP contribution in [-0.4, -0.2) is 21.2 Å². The number of halogens is 1. The van der Waals surface area contributed by atoms with Gasteiger partial charge in [0.1, 0.15) is 10.8 Å². The molecule has 0 fully saturated rings. The van der Waals surface area contributed by atoms with Gasteiger partial charge in [0.2, 0.25) is 5.91 Å². The summed E-state index contributed by atoms with van der Waals surface area (Å²) in [6.07, 6.45) is 4.26. The molecule has 1 aromatic carbocycles. The maximum atomic E-state index is 12.6. The van der Waals surface area contributed by atoms with Crippen molar-refractivity contribution < 1.29 is 9.21 Å². The number of hydrogen-bond donors (Lipinski definition) is 1. The number of carbonyl (C=O) groups is 1. The van der Waals surface area contributed by atoms with Crippen LogP contribution in [0.2, 0.25) is 5.02 Å². The highest BCUT2D eigenvalue weighted by Gasteiger charge is 2.23. The summed E-state index contributed by atoms with van der Waals surface area (Å²) in [7, 11) is 0. The molecule has 2 aromatic heterocycles. The Morgan fingerprint density at radius 1 is 1.29 bits per heavy atom. The van der Waals surface area contributed by atoms with Crippen LogP contribution in [0.1, 0.15) is 23.4 Å². The van der Waals surface area contributed by atoms with Gasteiger partial charge in [-0.2, -0.15) is 4.98 Å². The van der Waals surface area contributed by atoms with Gasteiger partial charge in [0.15, 0.2) is 0 Å². The molecule has 144 valence electrons. The van der Waals surface area contributed by atoms with Gasteiger partial charge < -0.3 is 9.73 Å². The van der Waals surface area contributed by atoms with Crippen LogP contribution in [0, 0.1) is 0 Å². The monoisotopic (exact) mass is 415 g/mol. The van der Waals surface area contributed by atoms with E-state index in [0.717, 1.165) is 36.3 Å². The number of hydrogen-bond acceptors (Lipinski definition) is 5. The SMILES string of the molecule is O=C(CSc1nc(=O)n(Cc2ccco2)c2c1CCC2)Nc1cccc(Cl)c1. The molecule has 0 unspecified atom stereocenters. The molecule has 4 rings (SSSR count). The molecule has 2 heterocycles. The van der Waals surface area contributed by atoms with E-state index in [2.05, 4.69) is 10.3 Å². The number of carbonyl (C=O) groups excluding carboxylic acids is 1. The lowest BCUT2D eigenvalue weighted by Gasteiger charge is -2.13. The van der Waals surface area contributed by atoms with Crippen molar-refractivity contribution in [3.8, 4) is 0 Å². The maximum absolute atomic E-state index is 12.6. The molecule has 0 radical (unpaired) electrons. The number of thioether (sulfide) groups is 1. The topological polar surface area (TPSA) is 77.1 Å². The third-order valence-corrected chi connectivity index (χ3v) is 5.80. The first-order chi connectivity index (χ1) is 13.6. The van der Waals surface area contributed by atoms with Crippen molar-refractivity contribution in [1.82, 2.24) is 9.55 Å². The summed E-state index contributed by atoms with van der Waals surface area (Å²) in [4.78, 5) is 29.1. The van der Waals surface area contributed by atoms with Gasteiger partial charge >= 0.3 is 5.69 Å². The van der Waals surface area contributed by atoms with E-state index in [9.17, 15) is 9.59 Å². The van der Waals surface area contributed by atoms with Crippen molar-refractivity contribution in [2.24, 2.45) is 0 Å². The molecule has 8 heteroatoms. The van der Waals surface area contributed by atoms with Crippen LogP contribution in [-0.2, 0) is 24.2 Å². The normalized spacial score (nSPS) is 12.8. The maximum Gasteiger partial charge on any atom is 0.349 e. The van der Waals surface area contributed by atoms with Gasteiger partial charge in [0, 0.05) is 22.0 Å². The molecule has 0 saturated heterocycles. The molecule has 1 amide bonds. The number of rotatable bonds is 6. The van der Waals surface area contributed by atoms with E-state index >= 15 is 0 Å². The molecule has 3 aromatic rings. The lowest BCUT2D eigenvalue weighted by molar-refractivity contribution is -0.113. The van der Waals surface area contributed by atoms with Crippen LogP contribution in [0.4, 0.5) is 5.69 Å². The molecular weight excluding hydrogens is 398 g/mol. The molecule has 0 saturated carbocycles. The second-order valence-electron chi connectivity index (χ2n) is 6.49. The van der Waals surface area contributed by atoms with Crippen molar-refractivity contribution >= 4 is 35.0 Å². The lowest BCUT2D eigenvalue weighted by atomic mass is 10.2. The van der Waals surface area contributed by atoms with E-state index in [4.69, 9.17) is 16.0 Å². The fraction of sp³-hybridized carbons (Fsp3) is 0.250. The summed E-state index contributed by atoms with van der Waals surface area (Å²) >= 11 is 7.23. The Morgan fingerprint density at radius 3 is 2.96 bits per heavy atom. The van der Waals surface area contributed by atoms with E-state index in [1.54, 1.807) is 41.2 Å². The van der Waals surface area contributed by atoms with Gasteiger partial charge in [0.25, 0.3) is 0 Å². The molecule has 0 aliphatic heterocycles. The molecule has 0 bridgehead atoms. The van der Waals surface area contributed by atoms with E-state index in [1.165, 1.54) is 11.8 Å². The van der Waals surface area contributed by atoms with Crippen molar-refractivity contribution in [3.63, 3.8) is 0 Å². The molecule has 1 aliphatic rings. The Labute approximate surface area is 170 Å². The Hall–Kier alpha value is -2.51. The number of fused-ring (bicyclic) bond motifs is 1. The Balaban J connectivity index is 1.49. The van der Waals surface area contributed by atoms with Gasteiger partial charge in [-0.15, -0.1) is 0 Å². The average Bonchev–Trinajstić information content (AvgIpc) is 3.34. The number of amides is 1. The fourth-order valence-corrected chi connectivity index (χ4v) is 4.39. The molecule has 28 heavy (non-hydrogen) atoms. The summed E-state index contributed by atoms with van der Waals surface area (Å²) in [6, 6.07) is 10.6. The Bertz CT molecular complexity index is 1060. The summed E-state index contributed by atoms with van der Waals surface area (Å²) in [5.41, 5.74) is 2.39. The highest BCUT2D eigenvalue weighted by molar-refractivity contribution is 8.00. The molecular formula is C20H18ClN3O3S. The zero-order chi connectivity index (χ0) is 19.5. The average molecular weight is 416 g/mol. The van der Waals surface area contributed by atoms with Gasteiger partial charge in [-0.05, 0) is 49.6 Å². The fourth-order valence-electron chi connectivity index (χ4n) is 3.32. The summed E-state index contributed by atoms with van der Waals surface area (Å²) in [5, 5.41) is 4.02. The van der Waals surface area contributed by atoms with Crippen LogP contribution >= 0.6 is 23.4 Å². The van der Waals surface area contributed by atoms with Gasteiger partial charge in [-0.25, -0.2) is 4.79 Å². The largest absolute Gasteiger partial charge is 0.467 e. The summed E-state index contributed by atoms with van der Waals surface area (Å²) < 4.78 is 7.05. The third kappa shape index (κ3) is 4.15. The Morgan fingerprint density at radius 2 is 2.18 bits per heavy atom. The first kappa shape index (κ1) is 18.8. The highest BCUT2D eigenvalue weighted by atomic mass is 35.5. The minimum atomic E-state index is -0.310. The molecule has 1 N–H and O–H groups in total. The smallest absolute Gasteiger partial charge is 0.349 e. The predicted octanol–water partition coefficient (Wildman–Crippen LogP) is 3.76. The first-order valence-corrected chi connectivity index (χ1v) is 10.3. The molecule has 0 spiro atoms. The van der Waals surface area contributed by atoms with E-state index in [1.807, 2.05) is 6.07 Å². The van der Waals surface area contributed by atoms with E-state index < -0.39 is 0 Å². The second kappa shape index (κ2) is 8.24. The van der Waals surface area contributed by atoms with Gasteiger partial charge in [-0.1, -0.05) is 29.4 Å². The molecule has 6 nitrogen and oxygen atoms in total. The lowest BCUT2D eigenvalue weighted by Crippen LogP contribution is -2.28. The quantitative estimate of drug-likeness (QED) is 0.490. The van der Waals surface area contributed by atoms with Crippen LogP contribution in [0.5, 0.6) is 0 Å². The number of aromatic nitrogens is 2. The standard InChI is InChI=1S/C20H18ClN3O3S/c21-13-4-1-5-14(10-13)22-18(25)12-28-19-16-7-2-8-17(16)24(20(26)23-19)11-15-6-3-9-27-15/h1,3-6,9-10H,2,7-8,11-12H2,(H,22,25). The number of benzene rings is 1. The van der Waals surface area contributed by atoms with Crippen molar-refractivity contribution in [2.75, 3.05) is 11.1 Å². The minimum absolute atomic E-state index is 0.166. The molecule has 1 aliphatic carbocycles. The Kier molecular flexibility index (Phi) is 5.54. The van der Waals surface area contributed by atoms with Gasteiger partial charge in [0.05, 0.1) is 18.6 Å². The summed E-state index contributed by atoms with van der Waals surface area (Å²) in [6.45, 7) is 0.376. The number of nitrogens with zero attached hydrogens (tertiary/aromatic N) is 2. The van der Waals surface area contributed by atoms with Crippen LogP contribution < -0.4 is 11.0 Å². The summed E-state index contributed by atoms with van der Waals surface area (Å²) in [5.74, 6) is 0.730. The van der Waals surface area contributed by atoms with Gasteiger partial charge in [-0.3, -0.25) is 9.36 Å². The second-order valence-corrected chi connectivity index (χ2v) is 7.89. The number of nitrogens with one attached hydrogen (secondary N) is 1. The van der Waals surface area contributed by atoms with E-state index in [0.29, 0.717) is 22.3 Å². The first-order valence-electron chi connectivity index (χ1n) is 8.93. The molecule has 0 atom stereocenters. The van der Waals surface area contributed by atoms with Crippen molar-refractivity contribution in [1.29, 1.82) is 0 Å². The van der Waals surface area contributed by atoms with Crippen LogP contribution in [0.25, 0.3) is 0 Å². The zero-order valence-electron chi connectivity index (χ0n) is 15.0. The highest BCUT2D eigenvalue weighted by Crippen LogP contribution is 2.29. The third-order valence-electron chi connectivity index (χ3n) is 4.54.